The smallest absolute Gasteiger partial charge is 0.256 e. The number of hydrogen-bond donors (Lipinski definition) is 1. The van der Waals surface area contributed by atoms with Crippen LogP contribution in [-0.4, -0.2) is 67.9 Å². The van der Waals surface area contributed by atoms with E-state index in [1.807, 2.05) is 0 Å². The van der Waals surface area contributed by atoms with Crippen molar-refractivity contribution in [3.05, 3.63) is 53.6 Å². The number of pyridine rings is 1. The van der Waals surface area contributed by atoms with E-state index < -0.39 is 0 Å². The zero-order chi connectivity index (χ0) is 23.1. The van der Waals surface area contributed by atoms with E-state index in [1.165, 1.54) is 26.2 Å². The average Bonchev–Trinajstić information content (AvgIpc) is 3.26. The summed E-state index contributed by atoms with van der Waals surface area (Å²) in [7, 11) is 3.03. The summed E-state index contributed by atoms with van der Waals surface area (Å²) < 4.78 is 16.8. The molecular weight excluding hydrogens is 418 g/mol. The van der Waals surface area contributed by atoms with Gasteiger partial charge in [0.15, 0.2) is 0 Å². The van der Waals surface area contributed by atoms with Crippen molar-refractivity contribution < 1.29 is 19.0 Å². The molecule has 1 atom stereocenters. The molecular formula is C26H35N3O4. The fraction of sp³-hybridized carbons (Fsp3) is 0.538. The number of rotatable bonds is 9. The molecule has 3 heterocycles. The molecule has 1 aromatic carbocycles. The van der Waals surface area contributed by atoms with Crippen LogP contribution in [0.2, 0.25) is 0 Å². The Morgan fingerprint density at radius 1 is 1.12 bits per heavy atom. The minimum Gasteiger partial charge on any atom is -0.481 e. The molecule has 178 valence electrons. The zero-order valence-electron chi connectivity index (χ0n) is 19.7. The maximum absolute atomic E-state index is 12.7. The Morgan fingerprint density at radius 2 is 1.91 bits per heavy atom. The van der Waals surface area contributed by atoms with E-state index >= 15 is 0 Å². The van der Waals surface area contributed by atoms with Crippen molar-refractivity contribution in [2.45, 2.75) is 50.2 Å². The number of methoxy groups -OCH3 is 2. The molecule has 2 aliphatic rings. The molecule has 1 N–H and O–H groups in total. The van der Waals surface area contributed by atoms with Crippen LogP contribution in [0.1, 0.15) is 48.0 Å². The molecule has 0 bridgehead atoms. The van der Waals surface area contributed by atoms with Gasteiger partial charge >= 0.3 is 0 Å². The normalized spacial score (nSPS) is 20.0. The number of nitrogens with one attached hydrogen (secondary N) is 1. The van der Waals surface area contributed by atoms with Gasteiger partial charge in [-0.2, -0.15) is 4.98 Å². The molecule has 1 unspecified atom stereocenters. The van der Waals surface area contributed by atoms with Gasteiger partial charge in [-0.1, -0.05) is 30.3 Å². The van der Waals surface area contributed by atoms with Crippen molar-refractivity contribution in [1.82, 2.24) is 15.2 Å². The lowest BCUT2D eigenvalue weighted by Gasteiger charge is -2.39. The molecule has 2 saturated heterocycles. The first-order valence-electron chi connectivity index (χ1n) is 11.9. The lowest BCUT2D eigenvalue weighted by Crippen LogP contribution is -2.45. The van der Waals surface area contributed by atoms with Crippen molar-refractivity contribution in [3.63, 3.8) is 0 Å². The first-order valence-corrected chi connectivity index (χ1v) is 11.9. The van der Waals surface area contributed by atoms with E-state index in [4.69, 9.17) is 14.2 Å². The molecule has 7 heteroatoms. The third-order valence-corrected chi connectivity index (χ3v) is 6.86. The number of aryl methyl sites for hydroxylation is 1. The van der Waals surface area contributed by atoms with Crippen LogP contribution < -0.4 is 14.8 Å². The van der Waals surface area contributed by atoms with Gasteiger partial charge in [0, 0.05) is 25.7 Å². The molecule has 1 aromatic heterocycles. The van der Waals surface area contributed by atoms with Crippen molar-refractivity contribution in [1.29, 1.82) is 0 Å². The van der Waals surface area contributed by atoms with Crippen LogP contribution >= 0.6 is 0 Å². The Morgan fingerprint density at radius 3 is 2.64 bits per heavy atom. The third-order valence-electron chi connectivity index (χ3n) is 6.86. The Labute approximate surface area is 196 Å². The van der Waals surface area contributed by atoms with Crippen LogP contribution in [-0.2, 0) is 11.2 Å². The van der Waals surface area contributed by atoms with Crippen LogP contribution in [0, 0.1) is 0 Å². The highest BCUT2D eigenvalue weighted by Crippen LogP contribution is 2.38. The molecule has 0 radical (unpaired) electrons. The van der Waals surface area contributed by atoms with E-state index in [2.05, 4.69) is 45.5 Å². The summed E-state index contributed by atoms with van der Waals surface area (Å²) in [6.45, 7) is 3.81. The monoisotopic (exact) mass is 453 g/mol. The van der Waals surface area contributed by atoms with Crippen LogP contribution in [0.15, 0.2) is 42.5 Å². The highest BCUT2D eigenvalue weighted by atomic mass is 16.5. The predicted molar refractivity (Wildman–Crippen MR) is 127 cm³/mol. The summed E-state index contributed by atoms with van der Waals surface area (Å²) in [5.41, 5.74) is 1.79. The number of piperidine rings is 1. The Hall–Kier alpha value is -2.64. The third kappa shape index (κ3) is 6.03. The maximum Gasteiger partial charge on any atom is 0.256 e. The second-order valence-electron chi connectivity index (χ2n) is 9.01. The lowest BCUT2D eigenvalue weighted by atomic mass is 9.88. The summed E-state index contributed by atoms with van der Waals surface area (Å²) in [5.74, 6) is 0.464. The van der Waals surface area contributed by atoms with Crippen LogP contribution in [0.5, 0.6) is 11.8 Å². The summed E-state index contributed by atoms with van der Waals surface area (Å²) in [6.07, 6.45) is 6.56. The fourth-order valence-electron chi connectivity index (χ4n) is 4.91. The largest absolute Gasteiger partial charge is 0.481 e. The number of carbonyl (C=O) groups is 1. The number of nitrogens with zero attached hydrogens (tertiary/aromatic N) is 2. The number of aromatic nitrogens is 1. The van der Waals surface area contributed by atoms with Gasteiger partial charge in [-0.3, -0.25) is 4.79 Å². The quantitative estimate of drug-likeness (QED) is 0.627. The molecule has 0 saturated carbocycles. The summed E-state index contributed by atoms with van der Waals surface area (Å²) in [4.78, 5) is 19.4. The Bertz CT molecular complexity index is 913. The molecule has 7 nitrogen and oxygen atoms in total. The van der Waals surface area contributed by atoms with Gasteiger partial charge in [-0.05, 0) is 56.7 Å². The van der Waals surface area contributed by atoms with Crippen LogP contribution in [0.25, 0.3) is 0 Å². The highest BCUT2D eigenvalue weighted by molar-refractivity contribution is 5.96. The second-order valence-corrected chi connectivity index (χ2v) is 9.01. The molecule has 2 fully saturated rings. The molecule has 33 heavy (non-hydrogen) atoms. The number of ether oxygens (including phenoxy) is 3. The highest BCUT2D eigenvalue weighted by Gasteiger charge is 2.42. The second kappa shape index (κ2) is 11.0. The number of amides is 1. The number of hydrogen-bond acceptors (Lipinski definition) is 6. The fourth-order valence-corrected chi connectivity index (χ4v) is 4.91. The first kappa shape index (κ1) is 23.5. The molecule has 4 rings (SSSR count). The van der Waals surface area contributed by atoms with Crippen molar-refractivity contribution >= 4 is 5.91 Å². The van der Waals surface area contributed by atoms with E-state index in [9.17, 15) is 4.79 Å². The standard InChI is InChI=1S/C26H35N3O4/c1-31-23-11-10-22(25(28-23)32-2)24(30)27-19-21-12-13-26(33-21)14-17-29(18-15-26)16-6-9-20-7-4-3-5-8-20/h3-5,7-8,10-11,21H,6,9,12-19H2,1-2H3,(H,27,30). The van der Waals surface area contributed by atoms with Gasteiger partial charge in [0.05, 0.1) is 25.9 Å². The molecule has 0 aliphatic carbocycles. The van der Waals surface area contributed by atoms with E-state index in [0.717, 1.165) is 51.7 Å². The average molecular weight is 454 g/mol. The zero-order valence-corrected chi connectivity index (χ0v) is 19.7. The Balaban J connectivity index is 1.19. The minimum atomic E-state index is -0.209. The molecule has 1 spiro atoms. The van der Waals surface area contributed by atoms with Gasteiger partial charge < -0.3 is 24.4 Å². The summed E-state index contributed by atoms with van der Waals surface area (Å²) >= 11 is 0. The van der Waals surface area contributed by atoms with Gasteiger partial charge in [-0.15, -0.1) is 0 Å². The Kier molecular flexibility index (Phi) is 7.83. The maximum atomic E-state index is 12.7. The van der Waals surface area contributed by atoms with Crippen LogP contribution in [0.3, 0.4) is 0 Å². The predicted octanol–water partition coefficient (Wildman–Crippen LogP) is 3.48. The van der Waals surface area contributed by atoms with Crippen molar-refractivity contribution in [3.8, 4) is 11.8 Å². The van der Waals surface area contributed by atoms with Gasteiger partial charge in [0.2, 0.25) is 11.8 Å². The summed E-state index contributed by atoms with van der Waals surface area (Å²) in [6, 6.07) is 14.0. The van der Waals surface area contributed by atoms with Gasteiger partial charge in [-0.25, -0.2) is 0 Å². The van der Waals surface area contributed by atoms with Crippen LogP contribution in [0.4, 0.5) is 0 Å². The molecule has 2 aromatic rings. The molecule has 1 amide bonds. The number of benzene rings is 1. The minimum absolute atomic E-state index is 0.0231. The van der Waals surface area contributed by atoms with E-state index in [1.54, 1.807) is 12.1 Å². The number of carbonyl (C=O) groups excluding carboxylic acids is 1. The lowest BCUT2D eigenvalue weighted by molar-refractivity contribution is -0.0754. The SMILES string of the molecule is COc1ccc(C(=O)NCC2CCC3(CCN(CCCc4ccccc4)CC3)O2)c(OC)n1. The van der Waals surface area contributed by atoms with Crippen molar-refractivity contribution in [2.75, 3.05) is 40.4 Å². The number of likely N-dealkylation sites (tertiary alicyclic amines) is 1. The summed E-state index contributed by atoms with van der Waals surface area (Å²) in [5, 5.41) is 2.99. The van der Waals surface area contributed by atoms with Gasteiger partial charge in [0.1, 0.15) is 5.56 Å². The van der Waals surface area contributed by atoms with E-state index in [-0.39, 0.29) is 23.5 Å². The van der Waals surface area contributed by atoms with Gasteiger partial charge in [0.25, 0.3) is 5.91 Å². The molecule has 2 aliphatic heterocycles. The topological polar surface area (TPSA) is 72.9 Å². The van der Waals surface area contributed by atoms with Crippen molar-refractivity contribution in [2.24, 2.45) is 0 Å². The van der Waals surface area contributed by atoms with E-state index in [0.29, 0.717) is 18.0 Å². The first-order chi connectivity index (χ1) is 16.1.